The maximum Gasteiger partial charge on any atom is 0.0830 e. The van der Waals surface area contributed by atoms with E-state index in [0.29, 0.717) is 12.2 Å². The molecule has 2 atom stereocenters. The molecule has 0 spiro atoms. The lowest BCUT2D eigenvalue weighted by Gasteiger charge is -2.11. The Morgan fingerprint density at radius 1 is 1.23 bits per heavy atom. The molecule has 70 valence electrons. The molecule has 1 aliphatic heterocycles. The van der Waals surface area contributed by atoms with Gasteiger partial charge in [-0.05, 0) is 18.4 Å². The van der Waals surface area contributed by atoms with Gasteiger partial charge in [0.2, 0.25) is 0 Å². The molecule has 1 aromatic rings. The standard InChI is InChI=1S/C11H13BrO/c12-8-10-6-7-11(13-10)9-4-2-1-3-5-9/h1-5,10-11H,6-8H2/t10-,11-/m0/s1. The minimum atomic E-state index is 0.323. The van der Waals surface area contributed by atoms with E-state index in [2.05, 4.69) is 40.2 Å². The van der Waals surface area contributed by atoms with Gasteiger partial charge in [-0.15, -0.1) is 0 Å². The predicted octanol–water partition coefficient (Wildman–Crippen LogP) is 3.30. The quantitative estimate of drug-likeness (QED) is 0.722. The lowest BCUT2D eigenvalue weighted by molar-refractivity contribution is 0.0588. The van der Waals surface area contributed by atoms with E-state index in [9.17, 15) is 0 Å². The van der Waals surface area contributed by atoms with Gasteiger partial charge in [0.25, 0.3) is 0 Å². The Kier molecular flexibility index (Phi) is 3.01. The van der Waals surface area contributed by atoms with Crippen molar-refractivity contribution in [1.29, 1.82) is 0 Å². The van der Waals surface area contributed by atoms with Crippen molar-refractivity contribution >= 4 is 15.9 Å². The Morgan fingerprint density at radius 2 is 2.00 bits per heavy atom. The second-order valence-electron chi connectivity index (χ2n) is 3.39. The zero-order valence-corrected chi connectivity index (χ0v) is 9.03. The molecule has 0 aliphatic carbocycles. The van der Waals surface area contributed by atoms with Gasteiger partial charge in [0.1, 0.15) is 0 Å². The molecule has 0 amide bonds. The molecule has 13 heavy (non-hydrogen) atoms. The van der Waals surface area contributed by atoms with E-state index in [4.69, 9.17) is 4.74 Å². The molecule has 0 aromatic heterocycles. The number of hydrogen-bond acceptors (Lipinski definition) is 1. The van der Waals surface area contributed by atoms with E-state index < -0.39 is 0 Å². The third-order valence-corrected chi connectivity index (χ3v) is 3.17. The van der Waals surface area contributed by atoms with Crippen LogP contribution in [0, 0.1) is 0 Å². The average Bonchev–Trinajstić information content (AvgIpc) is 2.67. The van der Waals surface area contributed by atoms with Crippen LogP contribution in [-0.4, -0.2) is 11.4 Å². The Balaban J connectivity index is 2.04. The van der Waals surface area contributed by atoms with Crippen LogP contribution in [0.3, 0.4) is 0 Å². The lowest BCUT2D eigenvalue weighted by atomic mass is 10.1. The van der Waals surface area contributed by atoms with Crippen LogP contribution in [0.1, 0.15) is 24.5 Å². The van der Waals surface area contributed by atoms with Gasteiger partial charge < -0.3 is 4.74 Å². The third-order valence-electron chi connectivity index (χ3n) is 2.45. The zero-order valence-electron chi connectivity index (χ0n) is 7.45. The number of benzene rings is 1. The van der Waals surface area contributed by atoms with Gasteiger partial charge in [-0.25, -0.2) is 0 Å². The second kappa shape index (κ2) is 4.25. The van der Waals surface area contributed by atoms with Gasteiger partial charge in [0.15, 0.2) is 0 Å². The SMILES string of the molecule is BrC[C@@H]1CC[C@@H](c2ccccc2)O1. The van der Waals surface area contributed by atoms with Gasteiger partial charge in [0.05, 0.1) is 12.2 Å². The number of alkyl halides is 1. The second-order valence-corrected chi connectivity index (χ2v) is 4.04. The first-order valence-corrected chi connectivity index (χ1v) is 5.78. The van der Waals surface area contributed by atoms with Crippen LogP contribution >= 0.6 is 15.9 Å². The highest BCUT2D eigenvalue weighted by atomic mass is 79.9. The van der Waals surface area contributed by atoms with Crippen molar-refractivity contribution in [3.63, 3.8) is 0 Å². The smallest absolute Gasteiger partial charge is 0.0830 e. The Hall–Kier alpha value is -0.340. The fourth-order valence-electron chi connectivity index (χ4n) is 1.73. The molecule has 1 saturated heterocycles. The molecule has 1 nitrogen and oxygen atoms in total. The highest BCUT2D eigenvalue weighted by molar-refractivity contribution is 9.09. The number of halogens is 1. The first kappa shape index (κ1) is 9.22. The monoisotopic (exact) mass is 240 g/mol. The largest absolute Gasteiger partial charge is 0.369 e. The number of ether oxygens (including phenoxy) is 1. The van der Waals surface area contributed by atoms with Crippen molar-refractivity contribution in [1.82, 2.24) is 0 Å². The molecule has 1 aromatic carbocycles. The van der Waals surface area contributed by atoms with E-state index in [1.165, 1.54) is 12.0 Å². The molecular weight excluding hydrogens is 228 g/mol. The summed E-state index contributed by atoms with van der Waals surface area (Å²) in [6, 6.07) is 10.5. The molecule has 0 bridgehead atoms. The van der Waals surface area contributed by atoms with Gasteiger partial charge in [-0.3, -0.25) is 0 Å². The summed E-state index contributed by atoms with van der Waals surface area (Å²) in [5.74, 6) is 0. The van der Waals surface area contributed by atoms with Gasteiger partial charge in [0, 0.05) is 5.33 Å². The van der Waals surface area contributed by atoms with Gasteiger partial charge in [-0.2, -0.15) is 0 Å². The molecule has 2 heteroatoms. The summed E-state index contributed by atoms with van der Waals surface area (Å²) in [5, 5.41) is 0.955. The van der Waals surface area contributed by atoms with Crippen LogP contribution < -0.4 is 0 Å². The molecule has 2 rings (SSSR count). The first-order chi connectivity index (χ1) is 6.40. The lowest BCUT2D eigenvalue weighted by Crippen LogP contribution is -2.07. The molecule has 0 N–H and O–H groups in total. The maximum atomic E-state index is 5.85. The topological polar surface area (TPSA) is 9.23 Å². The van der Waals surface area contributed by atoms with E-state index >= 15 is 0 Å². The third kappa shape index (κ3) is 2.12. The van der Waals surface area contributed by atoms with Crippen molar-refractivity contribution < 1.29 is 4.74 Å². The zero-order chi connectivity index (χ0) is 9.10. The molecule has 1 heterocycles. The highest BCUT2D eigenvalue weighted by Gasteiger charge is 2.25. The molecule has 0 unspecified atom stereocenters. The molecular formula is C11H13BrO. The average molecular weight is 241 g/mol. The van der Waals surface area contributed by atoms with Crippen LogP contribution in [0.15, 0.2) is 30.3 Å². The van der Waals surface area contributed by atoms with Gasteiger partial charge >= 0.3 is 0 Å². The Bertz CT molecular complexity index is 260. The van der Waals surface area contributed by atoms with Crippen LogP contribution in [0.2, 0.25) is 0 Å². The predicted molar refractivity (Wildman–Crippen MR) is 57.1 cm³/mol. The van der Waals surface area contributed by atoms with Crippen molar-refractivity contribution in [2.45, 2.75) is 25.0 Å². The fraction of sp³-hybridized carbons (Fsp3) is 0.455. The minimum Gasteiger partial charge on any atom is -0.369 e. The molecule has 1 fully saturated rings. The van der Waals surface area contributed by atoms with Crippen LogP contribution in [-0.2, 0) is 4.74 Å². The van der Waals surface area contributed by atoms with E-state index in [1.54, 1.807) is 0 Å². The van der Waals surface area contributed by atoms with E-state index in [-0.39, 0.29) is 0 Å². The Morgan fingerprint density at radius 3 is 2.62 bits per heavy atom. The Labute approximate surface area is 87.2 Å². The fourth-order valence-corrected chi connectivity index (χ4v) is 2.21. The number of rotatable bonds is 2. The summed E-state index contributed by atoms with van der Waals surface area (Å²) < 4.78 is 5.85. The number of hydrogen-bond donors (Lipinski definition) is 0. The first-order valence-electron chi connectivity index (χ1n) is 4.66. The minimum absolute atomic E-state index is 0.323. The van der Waals surface area contributed by atoms with Crippen LogP contribution in [0.4, 0.5) is 0 Å². The van der Waals surface area contributed by atoms with Crippen molar-refractivity contribution in [2.24, 2.45) is 0 Å². The van der Waals surface area contributed by atoms with Gasteiger partial charge in [-0.1, -0.05) is 46.3 Å². The maximum absolute atomic E-state index is 5.85. The summed E-state index contributed by atoms with van der Waals surface area (Å²) in [7, 11) is 0. The summed E-state index contributed by atoms with van der Waals surface area (Å²) in [4.78, 5) is 0. The van der Waals surface area contributed by atoms with E-state index in [1.807, 2.05) is 6.07 Å². The van der Waals surface area contributed by atoms with E-state index in [0.717, 1.165) is 11.8 Å². The van der Waals surface area contributed by atoms with Crippen molar-refractivity contribution in [3.05, 3.63) is 35.9 Å². The normalized spacial score (nSPS) is 27.8. The van der Waals surface area contributed by atoms with Crippen LogP contribution in [0.25, 0.3) is 0 Å². The van der Waals surface area contributed by atoms with Crippen molar-refractivity contribution in [2.75, 3.05) is 5.33 Å². The molecule has 1 aliphatic rings. The summed E-state index contributed by atoms with van der Waals surface area (Å²) in [6.07, 6.45) is 3.06. The summed E-state index contributed by atoms with van der Waals surface area (Å²) in [6.45, 7) is 0. The van der Waals surface area contributed by atoms with Crippen LogP contribution in [0.5, 0.6) is 0 Å². The van der Waals surface area contributed by atoms with Crippen molar-refractivity contribution in [3.8, 4) is 0 Å². The molecule has 0 saturated carbocycles. The highest BCUT2D eigenvalue weighted by Crippen LogP contribution is 2.32. The summed E-state index contributed by atoms with van der Waals surface area (Å²) in [5.41, 5.74) is 1.31. The summed E-state index contributed by atoms with van der Waals surface area (Å²) >= 11 is 3.45. The molecule has 0 radical (unpaired) electrons.